The fraction of sp³-hybridized carbons (Fsp3) is 0.200. The summed E-state index contributed by atoms with van der Waals surface area (Å²) in [5, 5.41) is 12.4. The minimum absolute atomic E-state index is 0.328. The van der Waals surface area contributed by atoms with Crippen molar-refractivity contribution in [2.45, 2.75) is 12.8 Å². The van der Waals surface area contributed by atoms with Gasteiger partial charge < -0.3 is 5.32 Å². The SMILES string of the molecule is CC(CNc1cc(C#N)cc(Cl)n1)c1ccccc1. The van der Waals surface area contributed by atoms with Gasteiger partial charge in [0.1, 0.15) is 11.0 Å². The zero-order valence-electron chi connectivity index (χ0n) is 10.6. The van der Waals surface area contributed by atoms with E-state index in [0.717, 1.165) is 6.54 Å². The number of halogens is 1. The first kappa shape index (κ1) is 13.4. The Morgan fingerprint density at radius 2 is 2.05 bits per heavy atom. The van der Waals surface area contributed by atoms with Crippen molar-refractivity contribution in [1.82, 2.24) is 4.98 Å². The quantitative estimate of drug-likeness (QED) is 0.860. The molecule has 0 aliphatic rings. The largest absolute Gasteiger partial charge is 0.369 e. The van der Waals surface area contributed by atoms with E-state index in [1.165, 1.54) is 5.56 Å². The topological polar surface area (TPSA) is 48.7 Å². The number of nitriles is 1. The highest BCUT2D eigenvalue weighted by Gasteiger charge is 2.06. The van der Waals surface area contributed by atoms with Crippen molar-refractivity contribution in [3.8, 4) is 6.07 Å². The Kier molecular flexibility index (Phi) is 4.38. The standard InChI is InChI=1S/C15H14ClN3/c1-11(13-5-3-2-4-6-13)10-18-15-8-12(9-17)7-14(16)19-15/h2-8,11H,10H2,1H3,(H,18,19). The zero-order valence-corrected chi connectivity index (χ0v) is 11.4. The summed E-state index contributed by atoms with van der Waals surface area (Å²) < 4.78 is 0. The summed E-state index contributed by atoms with van der Waals surface area (Å²) in [5.41, 5.74) is 1.77. The summed E-state index contributed by atoms with van der Waals surface area (Å²) >= 11 is 5.86. The highest BCUT2D eigenvalue weighted by Crippen LogP contribution is 2.17. The van der Waals surface area contributed by atoms with E-state index in [-0.39, 0.29) is 0 Å². The first-order valence-corrected chi connectivity index (χ1v) is 6.43. The molecule has 3 nitrogen and oxygen atoms in total. The molecule has 0 fully saturated rings. The zero-order chi connectivity index (χ0) is 13.7. The molecular formula is C15H14ClN3. The second-order valence-electron chi connectivity index (χ2n) is 4.37. The molecule has 1 aromatic heterocycles. The molecule has 1 atom stereocenters. The van der Waals surface area contributed by atoms with Gasteiger partial charge in [-0.15, -0.1) is 0 Å². The Balaban J connectivity index is 2.03. The minimum atomic E-state index is 0.328. The van der Waals surface area contributed by atoms with Crippen LogP contribution >= 0.6 is 11.6 Å². The Morgan fingerprint density at radius 1 is 1.32 bits per heavy atom. The van der Waals surface area contributed by atoms with Crippen LogP contribution in [0.2, 0.25) is 5.15 Å². The van der Waals surface area contributed by atoms with E-state index >= 15 is 0 Å². The van der Waals surface area contributed by atoms with Gasteiger partial charge in [-0.25, -0.2) is 4.98 Å². The Bertz CT molecular complexity index is 590. The third-order valence-electron chi connectivity index (χ3n) is 2.88. The number of pyridine rings is 1. The van der Waals surface area contributed by atoms with Crippen LogP contribution in [0.15, 0.2) is 42.5 Å². The predicted octanol–water partition coefficient (Wildman–Crippen LogP) is 3.82. The fourth-order valence-electron chi connectivity index (χ4n) is 1.81. The molecule has 2 aromatic rings. The second kappa shape index (κ2) is 6.21. The van der Waals surface area contributed by atoms with E-state index in [2.05, 4.69) is 35.4 Å². The van der Waals surface area contributed by atoms with Crippen molar-refractivity contribution in [3.63, 3.8) is 0 Å². The number of anilines is 1. The highest BCUT2D eigenvalue weighted by atomic mass is 35.5. The van der Waals surface area contributed by atoms with Crippen LogP contribution in [-0.4, -0.2) is 11.5 Å². The summed E-state index contributed by atoms with van der Waals surface area (Å²) in [4.78, 5) is 4.15. The molecule has 1 heterocycles. The number of rotatable bonds is 4. The van der Waals surface area contributed by atoms with E-state index in [0.29, 0.717) is 22.5 Å². The normalized spacial score (nSPS) is 11.6. The van der Waals surface area contributed by atoms with Gasteiger partial charge in [-0.2, -0.15) is 5.26 Å². The average Bonchev–Trinajstić information content (AvgIpc) is 2.45. The number of hydrogen-bond acceptors (Lipinski definition) is 3. The van der Waals surface area contributed by atoms with Crippen molar-refractivity contribution in [1.29, 1.82) is 5.26 Å². The maximum atomic E-state index is 8.88. The Morgan fingerprint density at radius 3 is 2.74 bits per heavy atom. The van der Waals surface area contributed by atoms with E-state index in [1.807, 2.05) is 18.2 Å². The van der Waals surface area contributed by atoms with Crippen molar-refractivity contribution in [2.24, 2.45) is 0 Å². The van der Waals surface area contributed by atoms with Crippen LogP contribution < -0.4 is 5.32 Å². The molecule has 1 aromatic carbocycles. The molecule has 0 amide bonds. The van der Waals surface area contributed by atoms with Crippen LogP contribution in [0.5, 0.6) is 0 Å². The van der Waals surface area contributed by atoms with Crippen LogP contribution in [-0.2, 0) is 0 Å². The molecule has 0 aliphatic heterocycles. The van der Waals surface area contributed by atoms with E-state index < -0.39 is 0 Å². The van der Waals surface area contributed by atoms with Gasteiger partial charge in [-0.3, -0.25) is 0 Å². The summed E-state index contributed by atoms with van der Waals surface area (Å²) in [6.07, 6.45) is 0. The molecule has 0 bridgehead atoms. The molecule has 4 heteroatoms. The lowest BCUT2D eigenvalue weighted by Gasteiger charge is -2.13. The monoisotopic (exact) mass is 271 g/mol. The fourth-order valence-corrected chi connectivity index (χ4v) is 2.02. The highest BCUT2D eigenvalue weighted by molar-refractivity contribution is 6.29. The second-order valence-corrected chi connectivity index (χ2v) is 4.76. The molecule has 2 rings (SSSR count). The summed E-state index contributed by atoms with van der Waals surface area (Å²) in [5.74, 6) is 0.986. The van der Waals surface area contributed by atoms with Gasteiger partial charge in [0, 0.05) is 6.54 Å². The van der Waals surface area contributed by atoms with Crippen molar-refractivity contribution < 1.29 is 0 Å². The first-order valence-electron chi connectivity index (χ1n) is 6.05. The molecule has 19 heavy (non-hydrogen) atoms. The maximum Gasteiger partial charge on any atom is 0.132 e. The molecule has 0 aliphatic carbocycles. The molecule has 1 unspecified atom stereocenters. The van der Waals surface area contributed by atoms with Gasteiger partial charge >= 0.3 is 0 Å². The molecule has 0 radical (unpaired) electrons. The minimum Gasteiger partial charge on any atom is -0.369 e. The van der Waals surface area contributed by atoms with Crippen LogP contribution in [0.25, 0.3) is 0 Å². The first-order chi connectivity index (χ1) is 9.19. The lowest BCUT2D eigenvalue weighted by atomic mass is 10.0. The summed E-state index contributed by atoms with van der Waals surface area (Å²) in [6, 6.07) is 15.6. The molecule has 1 N–H and O–H groups in total. The van der Waals surface area contributed by atoms with Crippen LogP contribution in [0, 0.1) is 11.3 Å². The maximum absolute atomic E-state index is 8.88. The van der Waals surface area contributed by atoms with Crippen molar-refractivity contribution >= 4 is 17.4 Å². The summed E-state index contributed by atoms with van der Waals surface area (Å²) in [6.45, 7) is 2.88. The lowest BCUT2D eigenvalue weighted by molar-refractivity contribution is 0.801. The Hall–Kier alpha value is -2.05. The van der Waals surface area contributed by atoms with Gasteiger partial charge in [0.15, 0.2) is 0 Å². The third kappa shape index (κ3) is 3.70. The number of nitrogens with one attached hydrogen (secondary N) is 1. The molecule has 0 saturated heterocycles. The molecule has 0 spiro atoms. The van der Waals surface area contributed by atoms with Gasteiger partial charge in [0.05, 0.1) is 11.6 Å². The van der Waals surface area contributed by atoms with Crippen molar-refractivity contribution in [2.75, 3.05) is 11.9 Å². The smallest absolute Gasteiger partial charge is 0.132 e. The van der Waals surface area contributed by atoms with Crippen LogP contribution in [0.1, 0.15) is 24.0 Å². The van der Waals surface area contributed by atoms with E-state index in [4.69, 9.17) is 16.9 Å². The van der Waals surface area contributed by atoms with Gasteiger partial charge in [0.25, 0.3) is 0 Å². The number of hydrogen-bond donors (Lipinski definition) is 1. The Labute approximate surface area is 117 Å². The van der Waals surface area contributed by atoms with E-state index in [9.17, 15) is 0 Å². The molecular weight excluding hydrogens is 258 g/mol. The van der Waals surface area contributed by atoms with E-state index in [1.54, 1.807) is 12.1 Å². The van der Waals surface area contributed by atoms with Crippen molar-refractivity contribution in [3.05, 3.63) is 58.7 Å². The number of benzene rings is 1. The molecule has 96 valence electrons. The molecule has 0 saturated carbocycles. The average molecular weight is 272 g/mol. The third-order valence-corrected chi connectivity index (χ3v) is 3.07. The number of aromatic nitrogens is 1. The van der Waals surface area contributed by atoms with Crippen LogP contribution in [0.4, 0.5) is 5.82 Å². The van der Waals surface area contributed by atoms with Gasteiger partial charge in [0.2, 0.25) is 0 Å². The van der Waals surface area contributed by atoms with Gasteiger partial charge in [-0.05, 0) is 23.6 Å². The predicted molar refractivity (Wildman–Crippen MR) is 77.3 cm³/mol. The summed E-state index contributed by atoms with van der Waals surface area (Å²) in [7, 11) is 0. The lowest BCUT2D eigenvalue weighted by Crippen LogP contribution is -2.10. The van der Waals surface area contributed by atoms with Gasteiger partial charge in [-0.1, -0.05) is 48.9 Å². The number of nitrogens with zero attached hydrogens (tertiary/aromatic N) is 2. The van der Waals surface area contributed by atoms with Crippen LogP contribution in [0.3, 0.4) is 0 Å².